The number of benzene rings is 1. The van der Waals surface area contributed by atoms with Gasteiger partial charge in [-0.3, -0.25) is 4.40 Å². The van der Waals surface area contributed by atoms with Gasteiger partial charge in [-0.2, -0.15) is 4.98 Å². The van der Waals surface area contributed by atoms with E-state index >= 15 is 0 Å². The summed E-state index contributed by atoms with van der Waals surface area (Å²) in [5.74, 6) is 0.730. The molecule has 3 rings (SSSR count). The van der Waals surface area contributed by atoms with Gasteiger partial charge in [0.25, 0.3) is 0 Å². The Morgan fingerprint density at radius 3 is 2.63 bits per heavy atom. The molecule has 0 amide bonds. The number of aryl methyl sites for hydroxylation is 2. The van der Waals surface area contributed by atoms with E-state index in [2.05, 4.69) is 9.97 Å². The molecule has 0 N–H and O–H groups in total. The molecule has 3 aromatic rings. The molecular formula is C14H12FN3O. The van der Waals surface area contributed by atoms with Crippen LogP contribution in [0.15, 0.2) is 36.7 Å². The molecule has 0 aliphatic heterocycles. The van der Waals surface area contributed by atoms with Crippen LogP contribution >= 0.6 is 0 Å². The summed E-state index contributed by atoms with van der Waals surface area (Å²) in [6.07, 6.45) is 1.73. The van der Waals surface area contributed by atoms with Crippen LogP contribution in [0.25, 0.3) is 5.65 Å². The molecule has 0 aliphatic carbocycles. The molecule has 0 saturated carbocycles. The molecule has 4 nitrogen and oxygen atoms in total. The lowest BCUT2D eigenvalue weighted by Crippen LogP contribution is -1.96. The van der Waals surface area contributed by atoms with Crippen molar-refractivity contribution in [3.05, 3.63) is 53.9 Å². The molecule has 0 saturated heterocycles. The first-order valence-corrected chi connectivity index (χ1v) is 5.88. The van der Waals surface area contributed by atoms with Gasteiger partial charge in [0.1, 0.15) is 17.9 Å². The smallest absolute Gasteiger partial charge is 0.223 e. The Hall–Kier alpha value is -2.43. The standard InChI is InChI=1S/C14H12FN3O/c1-9-7-13(17-14-10(2)16-8-18(9)14)19-12-5-3-11(15)4-6-12/h3-8H,1-2H3. The molecule has 2 aromatic heterocycles. The molecule has 96 valence electrons. The van der Waals surface area contributed by atoms with Crippen molar-refractivity contribution >= 4 is 5.65 Å². The number of nitrogens with zero attached hydrogens (tertiary/aromatic N) is 3. The zero-order valence-electron chi connectivity index (χ0n) is 10.6. The van der Waals surface area contributed by atoms with Crippen molar-refractivity contribution < 1.29 is 9.13 Å². The Balaban J connectivity index is 2.01. The normalized spacial score (nSPS) is 10.9. The third-order valence-corrected chi connectivity index (χ3v) is 2.88. The molecular weight excluding hydrogens is 245 g/mol. The predicted molar refractivity (Wildman–Crippen MR) is 68.9 cm³/mol. The van der Waals surface area contributed by atoms with Gasteiger partial charge in [0.2, 0.25) is 5.88 Å². The van der Waals surface area contributed by atoms with Crippen molar-refractivity contribution in [2.75, 3.05) is 0 Å². The van der Waals surface area contributed by atoms with Crippen LogP contribution in [-0.2, 0) is 0 Å². The van der Waals surface area contributed by atoms with Crippen molar-refractivity contribution in [3.63, 3.8) is 0 Å². The SMILES string of the molecule is Cc1ncn2c(C)cc(Oc3ccc(F)cc3)nc12. The number of hydrogen-bond donors (Lipinski definition) is 0. The number of fused-ring (bicyclic) bond motifs is 1. The summed E-state index contributed by atoms with van der Waals surface area (Å²) in [4.78, 5) is 8.61. The van der Waals surface area contributed by atoms with Gasteiger partial charge >= 0.3 is 0 Å². The van der Waals surface area contributed by atoms with Gasteiger partial charge in [0.05, 0.1) is 5.69 Å². The van der Waals surface area contributed by atoms with Crippen molar-refractivity contribution in [1.29, 1.82) is 0 Å². The average molecular weight is 257 g/mol. The van der Waals surface area contributed by atoms with Crippen molar-refractivity contribution in [2.45, 2.75) is 13.8 Å². The second kappa shape index (κ2) is 4.35. The second-order valence-electron chi connectivity index (χ2n) is 4.32. The summed E-state index contributed by atoms with van der Waals surface area (Å²) in [5.41, 5.74) is 2.58. The quantitative estimate of drug-likeness (QED) is 0.707. The number of halogens is 1. The summed E-state index contributed by atoms with van der Waals surface area (Å²) in [6.45, 7) is 3.84. The molecule has 0 atom stereocenters. The minimum Gasteiger partial charge on any atom is -0.439 e. The van der Waals surface area contributed by atoms with E-state index in [0.717, 1.165) is 17.0 Å². The number of rotatable bonds is 2. The highest BCUT2D eigenvalue weighted by atomic mass is 19.1. The van der Waals surface area contributed by atoms with Gasteiger partial charge in [0, 0.05) is 11.8 Å². The minimum absolute atomic E-state index is 0.293. The molecule has 1 aromatic carbocycles. The van der Waals surface area contributed by atoms with E-state index in [1.54, 1.807) is 18.5 Å². The van der Waals surface area contributed by atoms with Gasteiger partial charge in [-0.25, -0.2) is 9.37 Å². The summed E-state index contributed by atoms with van der Waals surface area (Å²) < 4.78 is 20.3. The fourth-order valence-corrected chi connectivity index (χ4v) is 1.88. The lowest BCUT2D eigenvalue weighted by Gasteiger charge is -2.07. The van der Waals surface area contributed by atoms with E-state index in [-0.39, 0.29) is 5.82 Å². The van der Waals surface area contributed by atoms with Gasteiger partial charge in [-0.15, -0.1) is 0 Å². The molecule has 0 aliphatic rings. The number of imidazole rings is 1. The maximum Gasteiger partial charge on any atom is 0.223 e. The van der Waals surface area contributed by atoms with Crippen molar-refractivity contribution in [2.24, 2.45) is 0 Å². The topological polar surface area (TPSA) is 39.4 Å². The van der Waals surface area contributed by atoms with Gasteiger partial charge in [-0.1, -0.05) is 0 Å². The zero-order valence-corrected chi connectivity index (χ0v) is 10.6. The summed E-state index contributed by atoms with van der Waals surface area (Å²) >= 11 is 0. The van der Waals surface area contributed by atoms with Crippen LogP contribution in [0.2, 0.25) is 0 Å². The Bertz CT molecular complexity index is 734. The lowest BCUT2D eigenvalue weighted by atomic mass is 10.3. The van der Waals surface area contributed by atoms with Crippen molar-refractivity contribution in [1.82, 2.24) is 14.4 Å². The fraction of sp³-hybridized carbons (Fsp3) is 0.143. The summed E-state index contributed by atoms with van der Waals surface area (Å²) in [7, 11) is 0. The van der Waals surface area contributed by atoms with Crippen LogP contribution in [0.5, 0.6) is 11.6 Å². The van der Waals surface area contributed by atoms with Crippen molar-refractivity contribution in [3.8, 4) is 11.6 Å². The van der Waals surface area contributed by atoms with Crippen LogP contribution in [-0.4, -0.2) is 14.4 Å². The highest BCUT2D eigenvalue weighted by Gasteiger charge is 2.07. The summed E-state index contributed by atoms with van der Waals surface area (Å²) in [6, 6.07) is 7.66. The maximum absolute atomic E-state index is 12.8. The van der Waals surface area contributed by atoms with Crippen LogP contribution in [0.1, 0.15) is 11.4 Å². The Labute approximate surface area is 109 Å². The van der Waals surface area contributed by atoms with Gasteiger partial charge in [0.15, 0.2) is 5.65 Å². The van der Waals surface area contributed by atoms with Crippen LogP contribution in [0.3, 0.4) is 0 Å². The minimum atomic E-state index is -0.293. The number of aromatic nitrogens is 3. The van der Waals surface area contributed by atoms with Crippen LogP contribution in [0, 0.1) is 19.7 Å². The molecule has 19 heavy (non-hydrogen) atoms. The van der Waals surface area contributed by atoms with E-state index < -0.39 is 0 Å². The second-order valence-corrected chi connectivity index (χ2v) is 4.32. The third kappa shape index (κ3) is 2.14. The third-order valence-electron chi connectivity index (χ3n) is 2.88. The van der Waals surface area contributed by atoms with E-state index in [0.29, 0.717) is 11.6 Å². The van der Waals surface area contributed by atoms with E-state index in [4.69, 9.17) is 4.74 Å². The van der Waals surface area contributed by atoms with E-state index in [1.165, 1.54) is 12.1 Å². The largest absolute Gasteiger partial charge is 0.439 e. The maximum atomic E-state index is 12.8. The monoisotopic (exact) mass is 257 g/mol. The Morgan fingerprint density at radius 1 is 1.16 bits per heavy atom. The first kappa shape index (κ1) is 11.6. The lowest BCUT2D eigenvalue weighted by molar-refractivity contribution is 0.461. The van der Waals surface area contributed by atoms with Gasteiger partial charge in [-0.05, 0) is 38.1 Å². The summed E-state index contributed by atoms with van der Waals surface area (Å²) in [5, 5.41) is 0. The molecule has 5 heteroatoms. The number of hydrogen-bond acceptors (Lipinski definition) is 3. The first-order valence-electron chi connectivity index (χ1n) is 5.88. The molecule has 0 unspecified atom stereocenters. The highest BCUT2D eigenvalue weighted by molar-refractivity contribution is 5.47. The number of ether oxygens (including phenoxy) is 1. The Morgan fingerprint density at radius 2 is 1.89 bits per heavy atom. The highest BCUT2D eigenvalue weighted by Crippen LogP contribution is 2.22. The van der Waals surface area contributed by atoms with Crippen LogP contribution in [0.4, 0.5) is 4.39 Å². The molecule has 2 heterocycles. The van der Waals surface area contributed by atoms with E-state index in [9.17, 15) is 4.39 Å². The Kier molecular flexibility index (Phi) is 2.67. The molecule has 0 spiro atoms. The predicted octanol–water partition coefficient (Wildman–Crippen LogP) is 3.28. The molecule has 0 bridgehead atoms. The van der Waals surface area contributed by atoms with Gasteiger partial charge < -0.3 is 4.74 Å². The zero-order chi connectivity index (χ0) is 13.4. The van der Waals surface area contributed by atoms with E-state index in [1.807, 2.05) is 24.3 Å². The average Bonchev–Trinajstić information content (AvgIpc) is 2.75. The van der Waals surface area contributed by atoms with Crippen LogP contribution < -0.4 is 4.74 Å². The molecule has 0 fully saturated rings. The first-order chi connectivity index (χ1) is 9.13. The molecule has 0 radical (unpaired) electrons. The fourth-order valence-electron chi connectivity index (χ4n) is 1.88.